The molecule has 2 aromatic heterocycles. The second kappa shape index (κ2) is 8.37. The minimum Gasteiger partial charge on any atom is -0.336 e. The Balaban J connectivity index is 1.35. The molecule has 0 atom stereocenters. The van der Waals surface area contributed by atoms with Crippen molar-refractivity contribution in [3.05, 3.63) is 65.0 Å². The number of carbonyl (C=O) groups is 1. The van der Waals surface area contributed by atoms with Crippen LogP contribution in [0.5, 0.6) is 0 Å². The maximum atomic E-state index is 12.9. The first kappa shape index (κ1) is 19.6. The molecule has 29 heavy (non-hydrogen) atoms. The molecule has 0 unspecified atom stereocenters. The number of piperazine rings is 1. The van der Waals surface area contributed by atoms with Crippen LogP contribution in [0.15, 0.2) is 42.7 Å². The van der Waals surface area contributed by atoms with Crippen LogP contribution in [0.2, 0.25) is 0 Å². The molecule has 1 aliphatic rings. The minimum atomic E-state index is 0.166. The number of fused-ring (bicyclic) bond motifs is 1. The molecule has 0 saturated carbocycles. The number of pyridine rings is 1. The van der Waals surface area contributed by atoms with Gasteiger partial charge in [-0.1, -0.05) is 17.7 Å². The van der Waals surface area contributed by atoms with E-state index >= 15 is 0 Å². The molecule has 0 bridgehead atoms. The highest BCUT2D eigenvalue weighted by Gasteiger charge is 2.23. The van der Waals surface area contributed by atoms with E-state index in [0.29, 0.717) is 0 Å². The number of aryl methyl sites for hydroxylation is 3. The van der Waals surface area contributed by atoms with E-state index in [1.807, 2.05) is 36.2 Å². The quantitative estimate of drug-likeness (QED) is 0.667. The smallest absolute Gasteiger partial charge is 0.254 e. The van der Waals surface area contributed by atoms with Gasteiger partial charge in [0.1, 0.15) is 5.65 Å². The summed E-state index contributed by atoms with van der Waals surface area (Å²) in [4.78, 5) is 21.9. The Morgan fingerprint density at radius 3 is 2.62 bits per heavy atom. The van der Waals surface area contributed by atoms with Gasteiger partial charge in [-0.3, -0.25) is 9.69 Å². The molecule has 1 saturated heterocycles. The Kier molecular flexibility index (Phi) is 5.67. The van der Waals surface area contributed by atoms with Crippen LogP contribution in [0.4, 0.5) is 0 Å². The van der Waals surface area contributed by atoms with E-state index in [4.69, 9.17) is 0 Å². The summed E-state index contributed by atoms with van der Waals surface area (Å²) >= 11 is 0. The second-order valence-electron chi connectivity index (χ2n) is 8.02. The number of benzene rings is 1. The molecule has 0 spiro atoms. The SMILES string of the molecule is CCn1cc(CCN2CCN(C(=O)c3ccc(C)cc3C)CC2)c2cccnc21. The lowest BCUT2D eigenvalue weighted by Gasteiger charge is -2.35. The van der Waals surface area contributed by atoms with E-state index in [2.05, 4.69) is 46.6 Å². The predicted molar refractivity (Wildman–Crippen MR) is 117 cm³/mol. The first-order valence-corrected chi connectivity index (χ1v) is 10.6. The first-order chi connectivity index (χ1) is 14.1. The van der Waals surface area contributed by atoms with Crippen LogP contribution < -0.4 is 0 Å². The van der Waals surface area contributed by atoms with Gasteiger partial charge >= 0.3 is 0 Å². The van der Waals surface area contributed by atoms with Crippen LogP contribution in [-0.4, -0.2) is 58.0 Å². The molecule has 1 aromatic carbocycles. The molecule has 152 valence electrons. The van der Waals surface area contributed by atoms with Gasteiger partial charge in [0.05, 0.1) is 0 Å². The molecule has 5 nitrogen and oxygen atoms in total. The highest BCUT2D eigenvalue weighted by Crippen LogP contribution is 2.20. The summed E-state index contributed by atoms with van der Waals surface area (Å²) in [6, 6.07) is 10.3. The zero-order valence-corrected chi connectivity index (χ0v) is 17.7. The third-order valence-electron chi connectivity index (χ3n) is 6.03. The number of amides is 1. The van der Waals surface area contributed by atoms with Crippen LogP contribution in [-0.2, 0) is 13.0 Å². The van der Waals surface area contributed by atoms with Crippen molar-refractivity contribution in [1.29, 1.82) is 0 Å². The molecule has 1 aliphatic heterocycles. The van der Waals surface area contributed by atoms with Gasteiger partial charge in [-0.05, 0) is 56.5 Å². The predicted octanol–water partition coefficient (Wildman–Crippen LogP) is 3.67. The number of carbonyl (C=O) groups excluding carboxylic acids is 1. The van der Waals surface area contributed by atoms with Crippen molar-refractivity contribution in [3.63, 3.8) is 0 Å². The Bertz CT molecular complexity index is 1010. The number of rotatable bonds is 5. The summed E-state index contributed by atoms with van der Waals surface area (Å²) in [6.45, 7) is 11.7. The van der Waals surface area contributed by atoms with Gasteiger partial charge in [-0.2, -0.15) is 0 Å². The molecule has 1 amide bonds. The molecule has 4 rings (SSSR count). The van der Waals surface area contributed by atoms with Crippen LogP contribution in [0.3, 0.4) is 0 Å². The summed E-state index contributed by atoms with van der Waals surface area (Å²) in [7, 11) is 0. The molecular formula is C24H30N4O. The average Bonchev–Trinajstić information content (AvgIpc) is 3.10. The zero-order valence-electron chi connectivity index (χ0n) is 17.7. The van der Waals surface area contributed by atoms with Crippen LogP contribution in [0.1, 0.15) is 34.0 Å². The lowest BCUT2D eigenvalue weighted by molar-refractivity contribution is 0.0638. The fraction of sp³-hybridized carbons (Fsp3) is 0.417. The van der Waals surface area contributed by atoms with Gasteiger partial charge in [0, 0.05) is 62.6 Å². The van der Waals surface area contributed by atoms with Gasteiger partial charge in [-0.15, -0.1) is 0 Å². The molecule has 3 heterocycles. The molecule has 0 N–H and O–H groups in total. The first-order valence-electron chi connectivity index (χ1n) is 10.6. The van der Waals surface area contributed by atoms with Gasteiger partial charge in [0.2, 0.25) is 0 Å². The van der Waals surface area contributed by atoms with Crippen molar-refractivity contribution in [2.75, 3.05) is 32.7 Å². The van der Waals surface area contributed by atoms with E-state index in [0.717, 1.165) is 62.5 Å². The van der Waals surface area contributed by atoms with Crippen molar-refractivity contribution in [2.45, 2.75) is 33.7 Å². The van der Waals surface area contributed by atoms with Gasteiger partial charge < -0.3 is 9.47 Å². The second-order valence-corrected chi connectivity index (χ2v) is 8.02. The Morgan fingerprint density at radius 1 is 1.10 bits per heavy atom. The van der Waals surface area contributed by atoms with E-state index in [1.165, 1.54) is 16.5 Å². The Morgan fingerprint density at radius 2 is 1.90 bits per heavy atom. The number of aromatic nitrogens is 2. The monoisotopic (exact) mass is 390 g/mol. The molecule has 3 aromatic rings. The van der Waals surface area contributed by atoms with Crippen LogP contribution >= 0.6 is 0 Å². The molecular weight excluding hydrogens is 360 g/mol. The van der Waals surface area contributed by atoms with Crippen molar-refractivity contribution in [2.24, 2.45) is 0 Å². The van der Waals surface area contributed by atoms with Crippen LogP contribution in [0, 0.1) is 13.8 Å². The Hall–Kier alpha value is -2.66. The zero-order chi connectivity index (χ0) is 20.4. The third-order valence-corrected chi connectivity index (χ3v) is 6.03. The standard InChI is InChI=1S/C24H30N4O/c1-4-27-17-20(22-6-5-10-25-23(22)27)9-11-26-12-14-28(15-13-26)24(29)21-8-7-18(2)16-19(21)3/h5-8,10,16-17H,4,9,11-15H2,1-3H3. The minimum absolute atomic E-state index is 0.166. The van der Waals surface area contributed by atoms with Crippen molar-refractivity contribution >= 4 is 16.9 Å². The normalized spacial score (nSPS) is 15.2. The maximum absolute atomic E-state index is 12.9. The molecule has 0 aliphatic carbocycles. The van der Waals surface area contributed by atoms with E-state index in [-0.39, 0.29) is 5.91 Å². The molecule has 1 fully saturated rings. The largest absolute Gasteiger partial charge is 0.336 e. The third kappa shape index (κ3) is 4.06. The summed E-state index contributed by atoms with van der Waals surface area (Å²) in [5.41, 5.74) is 5.54. The summed E-state index contributed by atoms with van der Waals surface area (Å²) in [5, 5.41) is 1.26. The van der Waals surface area contributed by atoms with E-state index in [9.17, 15) is 4.79 Å². The fourth-order valence-corrected chi connectivity index (χ4v) is 4.31. The topological polar surface area (TPSA) is 41.4 Å². The number of hydrogen-bond donors (Lipinski definition) is 0. The highest BCUT2D eigenvalue weighted by atomic mass is 16.2. The average molecular weight is 391 g/mol. The fourth-order valence-electron chi connectivity index (χ4n) is 4.31. The molecule has 0 radical (unpaired) electrons. The summed E-state index contributed by atoms with van der Waals surface area (Å²) in [5.74, 6) is 0.166. The van der Waals surface area contributed by atoms with Crippen molar-refractivity contribution in [1.82, 2.24) is 19.4 Å². The number of nitrogens with zero attached hydrogens (tertiary/aromatic N) is 4. The molecule has 5 heteroatoms. The van der Waals surface area contributed by atoms with Gasteiger partial charge in [0.25, 0.3) is 5.91 Å². The number of hydrogen-bond acceptors (Lipinski definition) is 3. The van der Waals surface area contributed by atoms with E-state index < -0.39 is 0 Å². The van der Waals surface area contributed by atoms with Crippen LogP contribution in [0.25, 0.3) is 11.0 Å². The van der Waals surface area contributed by atoms with Gasteiger partial charge in [-0.25, -0.2) is 4.98 Å². The lowest BCUT2D eigenvalue weighted by Crippen LogP contribution is -2.49. The summed E-state index contributed by atoms with van der Waals surface area (Å²) < 4.78 is 2.23. The highest BCUT2D eigenvalue weighted by molar-refractivity contribution is 5.95. The van der Waals surface area contributed by atoms with E-state index in [1.54, 1.807) is 0 Å². The maximum Gasteiger partial charge on any atom is 0.254 e. The van der Waals surface area contributed by atoms with Gasteiger partial charge in [0.15, 0.2) is 0 Å². The lowest BCUT2D eigenvalue weighted by atomic mass is 10.0. The summed E-state index contributed by atoms with van der Waals surface area (Å²) in [6.07, 6.45) is 5.13. The van der Waals surface area contributed by atoms with Crippen molar-refractivity contribution in [3.8, 4) is 0 Å². The van der Waals surface area contributed by atoms with Crippen molar-refractivity contribution < 1.29 is 4.79 Å². The Labute approximate surface area is 172 Å².